The number of halogens is 1. The molecule has 2 aromatic rings. The number of ether oxygens (including phenoxy) is 1. The number of nitrogens with one attached hydrogen (secondary N) is 1. The van der Waals surface area contributed by atoms with Crippen LogP contribution in [0.15, 0.2) is 42.5 Å². The highest BCUT2D eigenvalue weighted by atomic mass is 35.5. The smallest absolute Gasteiger partial charge is 0.255 e. The number of rotatable bonds is 5. The van der Waals surface area contributed by atoms with Crippen LogP contribution in [0.5, 0.6) is 11.5 Å². The van der Waals surface area contributed by atoms with E-state index in [2.05, 4.69) is 22.3 Å². The fourth-order valence-electron chi connectivity index (χ4n) is 3.22. The number of aromatic hydroxyl groups is 1. The summed E-state index contributed by atoms with van der Waals surface area (Å²) in [6.07, 6.45) is 1.74. The van der Waals surface area contributed by atoms with Crippen molar-refractivity contribution in [1.29, 1.82) is 0 Å². The number of nitrogens with zero attached hydrogens (tertiary/aromatic N) is 1. The first kappa shape index (κ1) is 18.5. The van der Waals surface area contributed by atoms with Crippen LogP contribution in [0, 0.1) is 0 Å². The summed E-state index contributed by atoms with van der Waals surface area (Å²) in [6, 6.07) is 12.7. The molecule has 1 saturated heterocycles. The quantitative estimate of drug-likeness (QED) is 0.841. The number of hydrogen-bond donors (Lipinski definition) is 2. The van der Waals surface area contributed by atoms with Crippen LogP contribution in [0.2, 0.25) is 5.02 Å². The topological polar surface area (TPSA) is 61.8 Å². The van der Waals surface area contributed by atoms with E-state index in [4.69, 9.17) is 16.3 Å². The zero-order valence-corrected chi connectivity index (χ0v) is 15.5. The molecule has 0 aliphatic carbocycles. The third-order valence-corrected chi connectivity index (χ3v) is 4.90. The van der Waals surface area contributed by atoms with Crippen LogP contribution in [0.4, 0.5) is 0 Å². The number of carbonyl (C=O) groups excluding carboxylic acids is 1. The van der Waals surface area contributed by atoms with Gasteiger partial charge in [0.05, 0.1) is 12.7 Å². The number of hydrogen-bond acceptors (Lipinski definition) is 4. The van der Waals surface area contributed by atoms with E-state index in [0.717, 1.165) is 38.2 Å². The molecule has 0 aromatic heterocycles. The standard InChI is InChI=1S/C20H23ClN2O3/c1-26-17-4-2-3-14(11-17)13-23-9-7-16(8-10-23)22-20(25)18-12-15(21)5-6-19(18)24/h2-6,11-12,16,24H,7-10,13H2,1H3,(H,22,25). The van der Waals surface area contributed by atoms with Crippen molar-refractivity contribution in [1.82, 2.24) is 10.2 Å². The number of likely N-dealkylation sites (tertiary alicyclic amines) is 1. The fraction of sp³-hybridized carbons (Fsp3) is 0.350. The van der Waals surface area contributed by atoms with Crippen LogP contribution in [-0.4, -0.2) is 42.2 Å². The van der Waals surface area contributed by atoms with Gasteiger partial charge < -0.3 is 15.2 Å². The lowest BCUT2D eigenvalue weighted by Gasteiger charge is -2.32. The zero-order chi connectivity index (χ0) is 18.5. The molecule has 5 nitrogen and oxygen atoms in total. The summed E-state index contributed by atoms with van der Waals surface area (Å²) in [5, 5.41) is 13.3. The van der Waals surface area contributed by atoms with Gasteiger partial charge in [-0.3, -0.25) is 9.69 Å². The minimum Gasteiger partial charge on any atom is -0.507 e. The van der Waals surface area contributed by atoms with Crippen LogP contribution in [-0.2, 0) is 6.54 Å². The molecule has 1 fully saturated rings. The first-order chi connectivity index (χ1) is 12.5. The van der Waals surface area contributed by atoms with Crippen molar-refractivity contribution in [2.24, 2.45) is 0 Å². The first-order valence-electron chi connectivity index (χ1n) is 8.70. The van der Waals surface area contributed by atoms with E-state index in [0.29, 0.717) is 5.02 Å². The second-order valence-corrected chi connectivity index (χ2v) is 6.97. The molecule has 138 valence electrons. The van der Waals surface area contributed by atoms with Gasteiger partial charge in [-0.2, -0.15) is 0 Å². The highest BCUT2D eigenvalue weighted by Crippen LogP contribution is 2.22. The van der Waals surface area contributed by atoms with Gasteiger partial charge in [-0.15, -0.1) is 0 Å². The van der Waals surface area contributed by atoms with Gasteiger partial charge >= 0.3 is 0 Å². The molecule has 1 aliphatic rings. The summed E-state index contributed by atoms with van der Waals surface area (Å²) in [6.45, 7) is 2.68. The maximum absolute atomic E-state index is 12.4. The lowest BCUT2D eigenvalue weighted by Crippen LogP contribution is -2.44. The second kappa shape index (κ2) is 8.43. The molecular weight excluding hydrogens is 352 g/mol. The van der Waals surface area contributed by atoms with Crippen LogP contribution >= 0.6 is 11.6 Å². The molecule has 0 unspecified atom stereocenters. The van der Waals surface area contributed by atoms with Gasteiger partial charge in [0.2, 0.25) is 0 Å². The Morgan fingerprint density at radius 2 is 2.04 bits per heavy atom. The van der Waals surface area contributed by atoms with Gasteiger partial charge in [0, 0.05) is 30.7 Å². The summed E-state index contributed by atoms with van der Waals surface area (Å²) < 4.78 is 5.27. The lowest BCUT2D eigenvalue weighted by molar-refractivity contribution is 0.0906. The zero-order valence-electron chi connectivity index (χ0n) is 14.7. The average Bonchev–Trinajstić information content (AvgIpc) is 2.65. The number of piperidine rings is 1. The predicted octanol–water partition coefficient (Wildman–Crippen LogP) is 3.45. The van der Waals surface area contributed by atoms with Crippen LogP contribution < -0.4 is 10.1 Å². The molecule has 3 rings (SSSR count). The molecule has 0 spiro atoms. The molecule has 2 aromatic carbocycles. The van der Waals surface area contributed by atoms with E-state index in [1.54, 1.807) is 13.2 Å². The summed E-state index contributed by atoms with van der Waals surface area (Å²) in [5.41, 5.74) is 1.44. The largest absolute Gasteiger partial charge is 0.507 e. The van der Waals surface area contributed by atoms with Crippen molar-refractivity contribution in [3.63, 3.8) is 0 Å². The maximum atomic E-state index is 12.4. The van der Waals surface area contributed by atoms with E-state index in [9.17, 15) is 9.90 Å². The Morgan fingerprint density at radius 3 is 2.77 bits per heavy atom. The van der Waals surface area contributed by atoms with Crippen LogP contribution in [0.3, 0.4) is 0 Å². The SMILES string of the molecule is COc1cccc(CN2CCC(NC(=O)c3cc(Cl)ccc3O)CC2)c1. The minimum absolute atomic E-state index is 0.0534. The van der Waals surface area contributed by atoms with Crippen LogP contribution in [0.1, 0.15) is 28.8 Å². The lowest BCUT2D eigenvalue weighted by atomic mass is 10.0. The molecule has 0 radical (unpaired) electrons. The van der Waals surface area contributed by atoms with Gasteiger partial charge in [-0.25, -0.2) is 0 Å². The van der Waals surface area contributed by atoms with E-state index in [1.165, 1.54) is 17.7 Å². The van der Waals surface area contributed by atoms with Gasteiger partial charge in [-0.05, 0) is 48.7 Å². The molecule has 6 heteroatoms. The number of methoxy groups -OCH3 is 1. The van der Waals surface area contributed by atoms with Crippen molar-refractivity contribution in [2.75, 3.05) is 20.2 Å². The minimum atomic E-state index is -0.281. The Labute approximate surface area is 158 Å². The number of phenols is 1. The fourth-order valence-corrected chi connectivity index (χ4v) is 3.39. The number of amides is 1. The molecule has 1 aliphatic heterocycles. The molecule has 1 heterocycles. The van der Waals surface area contributed by atoms with Crippen LogP contribution in [0.25, 0.3) is 0 Å². The van der Waals surface area contributed by atoms with Gasteiger partial charge in [0.25, 0.3) is 5.91 Å². The van der Waals surface area contributed by atoms with E-state index < -0.39 is 0 Å². The van der Waals surface area contributed by atoms with Crippen molar-refractivity contribution in [3.8, 4) is 11.5 Å². The molecule has 0 saturated carbocycles. The second-order valence-electron chi connectivity index (χ2n) is 6.54. The number of carbonyl (C=O) groups is 1. The normalized spacial score (nSPS) is 15.6. The molecule has 2 N–H and O–H groups in total. The first-order valence-corrected chi connectivity index (χ1v) is 9.07. The Kier molecular flexibility index (Phi) is 6.01. The molecule has 0 atom stereocenters. The Bertz CT molecular complexity index is 773. The predicted molar refractivity (Wildman–Crippen MR) is 102 cm³/mol. The average molecular weight is 375 g/mol. The van der Waals surface area contributed by atoms with E-state index in [-0.39, 0.29) is 23.3 Å². The number of benzene rings is 2. The van der Waals surface area contributed by atoms with Gasteiger partial charge in [0.15, 0.2) is 0 Å². The van der Waals surface area contributed by atoms with Gasteiger partial charge in [-0.1, -0.05) is 23.7 Å². The summed E-state index contributed by atoms with van der Waals surface area (Å²) in [7, 11) is 1.67. The Morgan fingerprint density at radius 1 is 1.27 bits per heavy atom. The summed E-state index contributed by atoms with van der Waals surface area (Å²) >= 11 is 5.91. The summed E-state index contributed by atoms with van der Waals surface area (Å²) in [5.74, 6) is 0.532. The summed E-state index contributed by atoms with van der Waals surface area (Å²) in [4.78, 5) is 14.7. The monoisotopic (exact) mass is 374 g/mol. The van der Waals surface area contributed by atoms with Gasteiger partial charge in [0.1, 0.15) is 11.5 Å². The highest BCUT2D eigenvalue weighted by Gasteiger charge is 2.22. The van der Waals surface area contributed by atoms with E-state index >= 15 is 0 Å². The Balaban J connectivity index is 1.52. The van der Waals surface area contributed by atoms with Crippen molar-refractivity contribution < 1.29 is 14.6 Å². The van der Waals surface area contributed by atoms with E-state index in [1.807, 2.05) is 12.1 Å². The Hall–Kier alpha value is -2.24. The third-order valence-electron chi connectivity index (χ3n) is 4.67. The number of phenolic OH excluding ortho intramolecular Hbond substituents is 1. The molecule has 1 amide bonds. The molecule has 26 heavy (non-hydrogen) atoms. The highest BCUT2D eigenvalue weighted by molar-refractivity contribution is 6.31. The van der Waals surface area contributed by atoms with Crippen molar-refractivity contribution >= 4 is 17.5 Å². The third kappa shape index (κ3) is 4.68. The molecule has 0 bridgehead atoms. The molecular formula is C20H23ClN2O3. The van der Waals surface area contributed by atoms with Crippen molar-refractivity contribution in [2.45, 2.75) is 25.4 Å². The van der Waals surface area contributed by atoms with Crippen molar-refractivity contribution in [3.05, 3.63) is 58.6 Å². The maximum Gasteiger partial charge on any atom is 0.255 e.